The minimum Gasteiger partial charge on any atom is -0.354 e. The van der Waals surface area contributed by atoms with E-state index >= 15 is 0 Å². The maximum absolute atomic E-state index is 12.0. The average Bonchev–Trinajstić information content (AvgIpc) is 2.65. The Hall–Kier alpha value is -2.64. The van der Waals surface area contributed by atoms with Gasteiger partial charge in [-0.1, -0.05) is 29.3 Å². The maximum Gasteiger partial charge on any atom is 0.253 e. The van der Waals surface area contributed by atoms with Crippen LogP contribution in [0.3, 0.4) is 0 Å². The van der Waals surface area contributed by atoms with Crippen LogP contribution >= 0.6 is 23.2 Å². The van der Waals surface area contributed by atoms with Crippen molar-refractivity contribution in [3.8, 4) is 0 Å². The van der Waals surface area contributed by atoms with E-state index in [1.165, 1.54) is 18.2 Å². The van der Waals surface area contributed by atoms with E-state index in [0.29, 0.717) is 18.0 Å². The van der Waals surface area contributed by atoms with Gasteiger partial charge in [0, 0.05) is 29.9 Å². The van der Waals surface area contributed by atoms with Gasteiger partial charge in [-0.3, -0.25) is 19.4 Å². The summed E-state index contributed by atoms with van der Waals surface area (Å²) in [6, 6.07) is 9.98. The molecule has 2 aromatic rings. The summed E-state index contributed by atoms with van der Waals surface area (Å²) in [5.74, 6) is -1.33. The number of aromatic nitrogens is 1. The van der Waals surface area contributed by atoms with Gasteiger partial charge in [-0.2, -0.15) is 0 Å². The number of hydrogen-bond acceptors (Lipinski definition) is 4. The minimum atomic E-state index is -0.508. The van der Waals surface area contributed by atoms with Crippen molar-refractivity contribution in [2.24, 2.45) is 0 Å². The van der Waals surface area contributed by atoms with Gasteiger partial charge in [0.05, 0.1) is 23.7 Å². The predicted molar refractivity (Wildman–Crippen MR) is 103 cm³/mol. The monoisotopic (exact) mass is 408 g/mol. The van der Waals surface area contributed by atoms with Crippen molar-refractivity contribution in [1.82, 2.24) is 20.9 Å². The Labute approximate surface area is 166 Å². The van der Waals surface area contributed by atoms with Crippen LogP contribution in [0.5, 0.6) is 0 Å². The molecular formula is C18H18Cl2N4O3. The summed E-state index contributed by atoms with van der Waals surface area (Å²) in [5, 5.41) is 8.13. The Morgan fingerprint density at radius 3 is 2.37 bits per heavy atom. The summed E-state index contributed by atoms with van der Waals surface area (Å²) in [5.41, 5.74) is 1.08. The summed E-state index contributed by atoms with van der Waals surface area (Å²) in [7, 11) is 0. The molecule has 3 N–H and O–H groups in total. The highest BCUT2D eigenvalue weighted by atomic mass is 35.5. The first-order valence-corrected chi connectivity index (χ1v) is 8.88. The molecule has 0 aliphatic carbocycles. The largest absolute Gasteiger partial charge is 0.354 e. The van der Waals surface area contributed by atoms with E-state index in [4.69, 9.17) is 23.2 Å². The van der Waals surface area contributed by atoms with E-state index in [0.717, 1.165) is 5.69 Å². The topological polar surface area (TPSA) is 100 Å². The highest BCUT2D eigenvalue weighted by molar-refractivity contribution is 6.36. The van der Waals surface area contributed by atoms with E-state index in [1.54, 1.807) is 6.20 Å². The summed E-state index contributed by atoms with van der Waals surface area (Å²) in [6.45, 7) is -0.0465. The van der Waals surface area contributed by atoms with Crippen LogP contribution in [0.25, 0.3) is 0 Å². The molecule has 0 fully saturated rings. The van der Waals surface area contributed by atoms with Gasteiger partial charge in [-0.15, -0.1) is 0 Å². The van der Waals surface area contributed by atoms with Gasteiger partial charge >= 0.3 is 0 Å². The number of amides is 3. The molecule has 2 rings (SSSR count). The van der Waals surface area contributed by atoms with Crippen LogP contribution in [0.15, 0.2) is 42.6 Å². The molecule has 0 saturated heterocycles. The van der Waals surface area contributed by atoms with Crippen LogP contribution in [0, 0.1) is 0 Å². The minimum absolute atomic E-state index is 0.182. The number of carbonyl (C=O) groups is 3. The van der Waals surface area contributed by atoms with Crippen LogP contribution in [0.2, 0.25) is 10.0 Å². The van der Waals surface area contributed by atoms with Gasteiger partial charge in [-0.25, -0.2) is 0 Å². The number of hydrogen-bond donors (Lipinski definition) is 3. The van der Waals surface area contributed by atoms with Crippen molar-refractivity contribution in [3.63, 3.8) is 0 Å². The summed E-state index contributed by atoms with van der Waals surface area (Å²) < 4.78 is 0. The molecular weight excluding hydrogens is 391 g/mol. The number of benzene rings is 1. The first kappa shape index (κ1) is 20.7. The Balaban J connectivity index is 1.65. The van der Waals surface area contributed by atoms with E-state index in [2.05, 4.69) is 20.9 Å². The van der Waals surface area contributed by atoms with Crippen LogP contribution < -0.4 is 16.0 Å². The third kappa shape index (κ3) is 7.24. The first-order chi connectivity index (χ1) is 13.0. The Kier molecular flexibility index (Phi) is 8.03. The molecule has 27 heavy (non-hydrogen) atoms. The normalized spacial score (nSPS) is 10.1. The average molecular weight is 409 g/mol. The van der Waals surface area contributed by atoms with E-state index in [9.17, 15) is 14.4 Å². The lowest BCUT2D eigenvalue weighted by Crippen LogP contribution is -2.42. The number of carbonyl (C=O) groups excluding carboxylic acids is 3. The van der Waals surface area contributed by atoms with Gasteiger partial charge < -0.3 is 16.0 Å². The van der Waals surface area contributed by atoms with Crippen molar-refractivity contribution < 1.29 is 14.4 Å². The van der Waals surface area contributed by atoms with Crippen molar-refractivity contribution in [3.05, 3.63) is 63.9 Å². The van der Waals surface area contributed by atoms with Gasteiger partial charge in [0.2, 0.25) is 11.8 Å². The molecule has 0 radical (unpaired) electrons. The van der Waals surface area contributed by atoms with Crippen molar-refractivity contribution in [2.45, 2.75) is 6.42 Å². The molecule has 0 aliphatic heterocycles. The summed E-state index contributed by atoms with van der Waals surface area (Å²) in [4.78, 5) is 39.6. The zero-order chi connectivity index (χ0) is 19.6. The van der Waals surface area contributed by atoms with Crippen LogP contribution in [0.1, 0.15) is 16.1 Å². The van der Waals surface area contributed by atoms with Crippen molar-refractivity contribution in [2.75, 3.05) is 19.6 Å². The molecule has 1 aromatic heterocycles. The lowest BCUT2D eigenvalue weighted by atomic mass is 10.2. The van der Waals surface area contributed by atoms with Crippen LogP contribution in [-0.2, 0) is 16.0 Å². The smallest absolute Gasteiger partial charge is 0.253 e. The quantitative estimate of drug-likeness (QED) is 0.617. The molecule has 0 bridgehead atoms. The van der Waals surface area contributed by atoms with Gasteiger partial charge in [-0.05, 0) is 30.3 Å². The van der Waals surface area contributed by atoms with E-state index < -0.39 is 11.8 Å². The number of rotatable bonds is 8. The Morgan fingerprint density at radius 2 is 1.67 bits per heavy atom. The Bertz CT molecular complexity index is 816. The lowest BCUT2D eigenvalue weighted by Gasteiger charge is -2.09. The zero-order valence-electron chi connectivity index (χ0n) is 14.3. The molecule has 0 unspecified atom stereocenters. The van der Waals surface area contributed by atoms with Gasteiger partial charge in [0.1, 0.15) is 0 Å². The van der Waals surface area contributed by atoms with Gasteiger partial charge in [0.15, 0.2) is 0 Å². The first-order valence-electron chi connectivity index (χ1n) is 8.12. The standard InChI is InChI=1S/C18H18Cl2N4O3/c19-12-4-5-14(15(20)9-12)18(27)24-11-17(26)23-10-16(25)22-8-6-13-3-1-2-7-21-13/h1-5,7,9H,6,8,10-11H2,(H,22,25)(H,23,26)(H,24,27). The number of nitrogens with zero attached hydrogens (tertiary/aromatic N) is 1. The summed E-state index contributed by atoms with van der Waals surface area (Å²) in [6.07, 6.45) is 2.28. The van der Waals surface area contributed by atoms with Crippen molar-refractivity contribution >= 4 is 40.9 Å². The molecule has 9 heteroatoms. The number of halogens is 2. The molecule has 0 aliphatic rings. The van der Waals surface area contributed by atoms with Crippen LogP contribution in [0.4, 0.5) is 0 Å². The molecule has 1 heterocycles. The molecule has 0 atom stereocenters. The van der Waals surface area contributed by atoms with Gasteiger partial charge in [0.25, 0.3) is 5.91 Å². The summed E-state index contributed by atoms with van der Waals surface area (Å²) >= 11 is 11.7. The molecule has 1 aromatic carbocycles. The predicted octanol–water partition coefficient (Wildman–Crippen LogP) is 1.59. The molecule has 142 valence electrons. The van der Waals surface area contributed by atoms with Crippen molar-refractivity contribution in [1.29, 1.82) is 0 Å². The number of pyridine rings is 1. The van der Waals surface area contributed by atoms with Crippen LogP contribution in [-0.4, -0.2) is 42.3 Å². The highest BCUT2D eigenvalue weighted by Crippen LogP contribution is 2.20. The third-order valence-electron chi connectivity index (χ3n) is 3.46. The molecule has 3 amide bonds. The second-order valence-electron chi connectivity index (χ2n) is 5.50. The molecule has 7 nitrogen and oxygen atoms in total. The second kappa shape index (κ2) is 10.5. The highest BCUT2D eigenvalue weighted by Gasteiger charge is 2.12. The maximum atomic E-state index is 12.0. The fraction of sp³-hybridized carbons (Fsp3) is 0.222. The fourth-order valence-corrected chi connectivity index (χ4v) is 2.60. The molecule has 0 saturated carbocycles. The second-order valence-corrected chi connectivity index (χ2v) is 6.35. The fourth-order valence-electron chi connectivity index (χ4n) is 2.11. The Morgan fingerprint density at radius 1 is 0.926 bits per heavy atom. The lowest BCUT2D eigenvalue weighted by molar-refractivity contribution is -0.125. The SMILES string of the molecule is O=C(CNC(=O)CNC(=O)c1ccc(Cl)cc1Cl)NCCc1ccccn1. The number of nitrogens with one attached hydrogen (secondary N) is 3. The third-order valence-corrected chi connectivity index (χ3v) is 4.01. The van der Waals surface area contributed by atoms with E-state index in [-0.39, 0.29) is 29.6 Å². The molecule has 0 spiro atoms. The zero-order valence-corrected chi connectivity index (χ0v) is 15.8. The van der Waals surface area contributed by atoms with E-state index in [1.807, 2.05) is 18.2 Å².